The molecule has 1 saturated heterocycles. The van der Waals surface area contributed by atoms with Crippen LogP contribution in [0.3, 0.4) is 0 Å². The Morgan fingerprint density at radius 3 is 2.19 bits per heavy atom. The van der Waals surface area contributed by atoms with Crippen molar-refractivity contribution in [3.63, 3.8) is 0 Å². The summed E-state index contributed by atoms with van der Waals surface area (Å²) in [5, 5.41) is -1.05. The highest BCUT2D eigenvalue weighted by atomic mass is 31.2. The van der Waals surface area contributed by atoms with Gasteiger partial charge in [-0.05, 0) is 27.2 Å². The second kappa shape index (κ2) is 7.89. The van der Waals surface area contributed by atoms with Gasteiger partial charge in [0.15, 0.2) is 5.40 Å². The normalized spacial score (nSPS) is 29.5. The predicted molar refractivity (Wildman–Crippen MR) is 78.9 cm³/mol. The third kappa shape index (κ3) is 4.40. The lowest BCUT2D eigenvalue weighted by molar-refractivity contribution is -0.145. The van der Waals surface area contributed by atoms with Crippen LogP contribution in [0.1, 0.15) is 34.1 Å². The zero-order valence-corrected chi connectivity index (χ0v) is 14.7. The van der Waals surface area contributed by atoms with Crippen molar-refractivity contribution in [2.24, 2.45) is 0 Å². The van der Waals surface area contributed by atoms with Crippen LogP contribution in [0.25, 0.3) is 0 Å². The predicted octanol–water partition coefficient (Wildman–Crippen LogP) is 3.23. The Labute approximate surface area is 125 Å². The van der Waals surface area contributed by atoms with Crippen molar-refractivity contribution in [1.82, 2.24) is 0 Å². The maximum absolute atomic E-state index is 13.0. The van der Waals surface area contributed by atoms with Crippen molar-refractivity contribution in [2.45, 2.75) is 45.6 Å². The molecule has 1 rings (SSSR count). The van der Waals surface area contributed by atoms with Crippen LogP contribution in [-0.2, 0) is 32.2 Å². The van der Waals surface area contributed by atoms with Gasteiger partial charge < -0.3 is 18.3 Å². The molecule has 9 heteroatoms. The average molecular weight is 342 g/mol. The van der Waals surface area contributed by atoms with Crippen LogP contribution in [0.5, 0.6) is 0 Å². The Morgan fingerprint density at radius 1 is 1.19 bits per heavy atom. The largest absolute Gasteiger partial charge is 0.461 e. The van der Waals surface area contributed by atoms with Gasteiger partial charge in [0.1, 0.15) is 6.10 Å². The Morgan fingerprint density at radius 2 is 1.76 bits per heavy atom. The molecule has 0 saturated carbocycles. The number of rotatable bonds is 8. The minimum atomic E-state index is -3.70. The summed E-state index contributed by atoms with van der Waals surface area (Å²) < 4.78 is 47.2. The highest BCUT2D eigenvalue weighted by molar-refractivity contribution is 7.75. The zero-order chi connectivity index (χ0) is 16.1. The molecule has 7 nitrogen and oxygen atoms in total. The molecule has 0 aliphatic carbocycles. The number of carbonyl (C=O) groups is 1. The quantitative estimate of drug-likeness (QED) is 0.494. The molecule has 0 aromatic heterocycles. The fraction of sp³-hybridized carbons (Fsp3) is 0.917. The van der Waals surface area contributed by atoms with Crippen LogP contribution in [0, 0.1) is 0 Å². The van der Waals surface area contributed by atoms with Gasteiger partial charge in [-0.25, -0.2) is 0 Å². The Bertz CT molecular complexity index is 441. The summed E-state index contributed by atoms with van der Waals surface area (Å²) in [6, 6.07) is 0. The molecule has 1 aliphatic rings. The molecule has 1 fully saturated rings. The van der Waals surface area contributed by atoms with Crippen molar-refractivity contribution in [2.75, 3.05) is 26.0 Å². The molecule has 3 unspecified atom stereocenters. The van der Waals surface area contributed by atoms with E-state index in [1.54, 1.807) is 20.8 Å². The summed E-state index contributed by atoms with van der Waals surface area (Å²) >= 11 is 0. The second-order valence-corrected chi connectivity index (χ2v) is 9.87. The monoisotopic (exact) mass is 342 g/mol. The number of ether oxygens (including phenoxy) is 1. The van der Waals surface area contributed by atoms with Crippen LogP contribution in [0.2, 0.25) is 0 Å². The first-order valence-electron chi connectivity index (χ1n) is 7.12. The van der Waals surface area contributed by atoms with Crippen molar-refractivity contribution < 1.29 is 32.2 Å². The van der Waals surface area contributed by atoms with E-state index in [2.05, 4.69) is 0 Å². The Balaban J connectivity index is 3.19. The van der Waals surface area contributed by atoms with Crippen LogP contribution in [-0.4, -0.2) is 43.5 Å². The van der Waals surface area contributed by atoms with E-state index in [1.807, 2.05) is 0 Å². The molecular formula is C12H24O7P2. The fourth-order valence-electron chi connectivity index (χ4n) is 2.50. The first kappa shape index (κ1) is 18.9. The average Bonchev–Trinajstić information content (AvgIpc) is 2.67. The van der Waals surface area contributed by atoms with Crippen LogP contribution < -0.4 is 0 Å². The zero-order valence-electron chi connectivity index (χ0n) is 12.9. The summed E-state index contributed by atoms with van der Waals surface area (Å²) in [6.07, 6.45) is -0.247. The number of hydrogen-bond donors (Lipinski definition) is 0. The SMILES string of the molecule is CCOP1(=O)CCC(OC(C)=O)C1P(=O)(OCC)OCC. The molecule has 1 heterocycles. The van der Waals surface area contributed by atoms with Gasteiger partial charge >= 0.3 is 13.6 Å². The van der Waals surface area contributed by atoms with Gasteiger partial charge in [-0.15, -0.1) is 0 Å². The van der Waals surface area contributed by atoms with Gasteiger partial charge in [-0.3, -0.25) is 13.9 Å². The van der Waals surface area contributed by atoms with E-state index in [9.17, 15) is 13.9 Å². The summed E-state index contributed by atoms with van der Waals surface area (Å²) in [5.41, 5.74) is 0. The van der Waals surface area contributed by atoms with Gasteiger partial charge in [-0.2, -0.15) is 0 Å². The number of hydrogen-bond acceptors (Lipinski definition) is 7. The molecule has 0 amide bonds. The number of esters is 1. The standard InChI is InChI=1S/C12H24O7P2/c1-5-16-20(14)9-8-11(19-10(4)13)12(20)21(15,17-6-2)18-7-3/h11-12H,5-9H2,1-4H3. The first-order valence-corrected chi connectivity index (χ1v) is 10.6. The summed E-state index contributed by atoms with van der Waals surface area (Å²) in [4.78, 5) is 11.2. The van der Waals surface area contributed by atoms with E-state index in [0.29, 0.717) is 6.42 Å². The lowest BCUT2D eigenvalue weighted by atomic mass is 10.3. The van der Waals surface area contributed by atoms with E-state index < -0.39 is 32.4 Å². The van der Waals surface area contributed by atoms with Crippen LogP contribution in [0.4, 0.5) is 0 Å². The molecule has 3 atom stereocenters. The van der Waals surface area contributed by atoms with Gasteiger partial charge in [-0.1, -0.05) is 0 Å². The summed E-state index contributed by atoms with van der Waals surface area (Å²) in [5.74, 6) is -0.519. The van der Waals surface area contributed by atoms with Crippen LogP contribution >= 0.6 is 15.0 Å². The summed E-state index contributed by atoms with van der Waals surface area (Å²) in [6.45, 7) is 6.83. The highest BCUT2D eigenvalue weighted by Crippen LogP contribution is 2.74. The maximum Gasteiger partial charge on any atom is 0.347 e. The molecule has 0 radical (unpaired) electrons. The van der Waals surface area contributed by atoms with Crippen molar-refractivity contribution >= 4 is 20.9 Å². The minimum absolute atomic E-state index is 0.146. The molecule has 0 aromatic rings. The van der Waals surface area contributed by atoms with Crippen LogP contribution in [0.15, 0.2) is 0 Å². The molecule has 0 spiro atoms. The van der Waals surface area contributed by atoms with Gasteiger partial charge in [0.2, 0.25) is 7.37 Å². The summed E-state index contributed by atoms with van der Waals surface area (Å²) in [7, 11) is -6.96. The lowest BCUT2D eigenvalue weighted by Gasteiger charge is -2.30. The first-order chi connectivity index (χ1) is 9.83. The Hall–Kier alpha value is -0.190. The van der Waals surface area contributed by atoms with E-state index in [4.69, 9.17) is 18.3 Å². The van der Waals surface area contributed by atoms with E-state index in [0.717, 1.165) is 0 Å². The van der Waals surface area contributed by atoms with E-state index in [-0.39, 0.29) is 26.0 Å². The van der Waals surface area contributed by atoms with E-state index >= 15 is 0 Å². The molecule has 124 valence electrons. The molecule has 21 heavy (non-hydrogen) atoms. The maximum atomic E-state index is 13.0. The van der Waals surface area contributed by atoms with Crippen molar-refractivity contribution in [3.05, 3.63) is 0 Å². The van der Waals surface area contributed by atoms with Gasteiger partial charge in [0.05, 0.1) is 19.8 Å². The third-order valence-electron chi connectivity index (χ3n) is 3.07. The topological polar surface area (TPSA) is 88.1 Å². The smallest absolute Gasteiger partial charge is 0.347 e. The molecule has 1 aliphatic heterocycles. The van der Waals surface area contributed by atoms with Gasteiger partial charge in [0.25, 0.3) is 0 Å². The molecule has 0 bridgehead atoms. The minimum Gasteiger partial charge on any atom is -0.461 e. The van der Waals surface area contributed by atoms with E-state index in [1.165, 1.54) is 6.92 Å². The lowest BCUT2D eigenvalue weighted by Crippen LogP contribution is -2.27. The van der Waals surface area contributed by atoms with Crippen molar-refractivity contribution in [3.8, 4) is 0 Å². The third-order valence-corrected chi connectivity index (χ3v) is 9.90. The highest BCUT2D eigenvalue weighted by Gasteiger charge is 2.59. The van der Waals surface area contributed by atoms with Crippen molar-refractivity contribution in [1.29, 1.82) is 0 Å². The number of carbonyl (C=O) groups excluding carboxylic acids is 1. The van der Waals surface area contributed by atoms with Gasteiger partial charge in [0, 0.05) is 13.1 Å². The fourth-order valence-corrected chi connectivity index (χ4v) is 9.20. The Kier molecular flexibility index (Phi) is 7.08. The second-order valence-electron chi connectivity index (χ2n) is 4.59. The molecule has 0 aromatic carbocycles. The molecular weight excluding hydrogens is 318 g/mol. The molecule has 0 N–H and O–H groups in total.